The summed E-state index contributed by atoms with van der Waals surface area (Å²) in [5, 5.41) is 4.88. The Hall–Kier alpha value is -2.86. The van der Waals surface area contributed by atoms with Gasteiger partial charge in [-0.15, -0.1) is 0 Å². The summed E-state index contributed by atoms with van der Waals surface area (Å²) in [5.74, 6) is -3.74. The molecule has 0 bridgehead atoms. The molecule has 2 rings (SSSR count). The zero-order chi connectivity index (χ0) is 30.3. The average molecular weight is 563 g/mol. The third-order valence-electron chi connectivity index (χ3n) is 7.72. The van der Waals surface area contributed by atoms with Crippen LogP contribution in [0, 0.1) is 22.7 Å². The summed E-state index contributed by atoms with van der Waals surface area (Å²) in [6, 6.07) is -3.51. The van der Waals surface area contributed by atoms with Crippen LogP contribution in [0.2, 0.25) is 0 Å². The van der Waals surface area contributed by atoms with Crippen LogP contribution in [0.5, 0.6) is 0 Å². The van der Waals surface area contributed by atoms with Crippen molar-refractivity contribution in [1.82, 2.24) is 15.5 Å². The largest absolute Gasteiger partial charge is 0.434 e. The molecule has 39 heavy (non-hydrogen) atoms. The lowest BCUT2D eigenvalue weighted by Gasteiger charge is -2.49. The number of alkyl halides is 3. The smallest absolute Gasteiger partial charge is 0.427 e. The topological polar surface area (TPSA) is 148 Å². The molecule has 222 valence electrons. The van der Waals surface area contributed by atoms with E-state index in [1.54, 1.807) is 27.7 Å². The first-order valence-corrected chi connectivity index (χ1v) is 13.1. The maximum absolute atomic E-state index is 13.9. The number of nitrogens with two attached hydrogens (primary N) is 1. The fraction of sp³-hybridized carbons (Fsp3) is 0.808. The second-order valence-corrected chi connectivity index (χ2v) is 12.8. The number of hydrogen-bond donors (Lipinski definition) is 3. The summed E-state index contributed by atoms with van der Waals surface area (Å²) < 4.78 is 44.4. The molecule has 0 unspecified atom stereocenters. The molecule has 0 radical (unpaired) electrons. The molecular formula is C26H41F3N4O6. The minimum atomic E-state index is -4.84. The summed E-state index contributed by atoms with van der Waals surface area (Å²) >= 11 is 0. The molecule has 1 saturated heterocycles. The number of ketones is 1. The minimum Gasteiger partial charge on any atom is -0.434 e. The molecule has 2 aliphatic rings. The van der Waals surface area contributed by atoms with Gasteiger partial charge in [-0.2, -0.15) is 13.2 Å². The van der Waals surface area contributed by atoms with Crippen LogP contribution in [0.1, 0.15) is 74.7 Å². The molecule has 4 amide bonds. The Morgan fingerprint density at radius 1 is 1.05 bits per heavy atom. The maximum Gasteiger partial charge on any atom is 0.427 e. The molecule has 0 aromatic heterocycles. The number of carbonyl (C=O) groups excluding carboxylic acids is 5. The molecule has 2 fully saturated rings. The highest BCUT2D eigenvalue weighted by Gasteiger charge is 2.61. The third-order valence-corrected chi connectivity index (χ3v) is 7.72. The number of alkyl carbamates (subject to hydrolysis) is 1. The Morgan fingerprint density at radius 2 is 1.62 bits per heavy atom. The SMILES string of the molecule is CCC[C@@H](NC(=O)[C@@H]1[C@@H]2[C@H](CN1C(=O)[C@@H](NC(=O)OC(C)(C)C(F)(F)F)C(C)(C)C)CC2(C)C)C(=O)C(N)=O. The van der Waals surface area contributed by atoms with E-state index in [0.29, 0.717) is 20.3 Å². The van der Waals surface area contributed by atoms with Crippen LogP contribution >= 0.6 is 0 Å². The van der Waals surface area contributed by atoms with E-state index < -0.39 is 64.9 Å². The van der Waals surface area contributed by atoms with Gasteiger partial charge in [0.05, 0.1) is 6.04 Å². The van der Waals surface area contributed by atoms with Gasteiger partial charge in [0.15, 0.2) is 0 Å². The third kappa shape index (κ3) is 6.84. The average Bonchev–Trinajstić information content (AvgIpc) is 3.09. The van der Waals surface area contributed by atoms with Gasteiger partial charge in [0.25, 0.3) is 5.91 Å². The number of amides is 4. The second-order valence-electron chi connectivity index (χ2n) is 12.8. The quantitative estimate of drug-likeness (QED) is 0.368. The van der Waals surface area contributed by atoms with Crippen molar-refractivity contribution in [3.63, 3.8) is 0 Å². The van der Waals surface area contributed by atoms with E-state index in [1.807, 2.05) is 13.8 Å². The fourth-order valence-electron chi connectivity index (χ4n) is 5.61. The second kappa shape index (κ2) is 11.0. The van der Waals surface area contributed by atoms with Crippen LogP contribution < -0.4 is 16.4 Å². The summed E-state index contributed by atoms with van der Waals surface area (Å²) in [6.45, 7) is 12.1. The van der Waals surface area contributed by atoms with Crippen molar-refractivity contribution >= 4 is 29.6 Å². The number of rotatable bonds is 9. The monoisotopic (exact) mass is 562 g/mol. The highest BCUT2D eigenvalue weighted by Crippen LogP contribution is 2.57. The van der Waals surface area contributed by atoms with Crippen LogP contribution in [-0.4, -0.2) is 70.9 Å². The van der Waals surface area contributed by atoms with Crippen molar-refractivity contribution < 1.29 is 41.9 Å². The molecule has 0 aromatic rings. The Kier molecular flexibility index (Phi) is 9.09. The van der Waals surface area contributed by atoms with E-state index in [9.17, 15) is 37.1 Å². The predicted molar refractivity (Wildman–Crippen MR) is 135 cm³/mol. The molecule has 0 spiro atoms. The first-order valence-electron chi connectivity index (χ1n) is 13.1. The number of halogens is 3. The van der Waals surface area contributed by atoms with Crippen molar-refractivity contribution in [2.75, 3.05) is 6.54 Å². The van der Waals surface area contributed by atoms with Crippen LogP contribution in [-0.2, 0) is 23.9 Å². The van der Waals surface area contributed by atoms with E-state index in [2.05, 4.69) is 15.4 Å². The Morgan fingerprint density at radius 3 is 2.05 bits per heavy atom. The normalized spacial score (nSPS) is 24.1. The highest BCUT2D eigenvalue weighted by molar-refractivity contribution is 6.37. The summed E-state index contributed by atoms with van der Waals surface area (Å²) in [4.78, 5) is 65.2. The number of carbonyl (C=O) groups is 5. The number of fused-ring (bicyclic) bond motifs is 1. The van der Waals surface area contributed by atoms with Crippen molar-refractivity contribution in [2.45, 2.75) is 105 Å². The van der Waals surface area contributed by atoms with Gasteiger partial charge >= 0.3 is 12.3 Å². The van der Waals surface area contributed by atoms with Gasteiger partial charge in [0.1, 0.15) is 12.1 Å². The summed E-state index contributed by atoms with van der Waals surface area (Å²) in [6.07, 6.45) is -4.91. The van der Waals surface area contributed by atoms with Gasteiger partial charge in [-0.25, -0.2) is 4.79 Å². The summed E-state index contributed by atoms with van der Waals surface area (Å²) in [7, 11) is 0. The van der Waals surface area contributed by atoms with E-state index in [-0.39, 0.29) is 30.2 Å². The zero-order valence-corrected chi connectivity index (χ0v) is 23.8. The number of ether oxygens (including phenoxy) is 1. The van der Waals surface area contributed by atoms with Crippen molar-refractivity contribution in [3.05, 3.63) is 0 Å². The fourth-order valence-corrected chi connectivity index (χ4v) is 5.61. The number of primary amides is 1. The number of nitrogens with zero attached hydrogens (tertiary/aromatic N) is 1. The molecule has 1 heterocycles. The molecule has 1 aliphatic heterocycles. The lowest BCUT2D eigenvalue weighted by atomic mass is 9.55. The van der Waals surface area contributed by atoms with Crippen LogP contribution in [0.3, 0.4) is 0 Å². The van der Waals surface area contributed by atoms with Gasteiger partial charge in [0.2, 0.25) is 23.2 Å². The van der Waals surface area contributed by atoms with Crippen LogP contribution in [0.4, 0.5) is 18.0 Å². The first kappa shape index (κ1) is 32.4. The molecule has 1 saturated carbocycles. The zero-order valence-electron chi connectivity index (χ0n) is 23.8. The van der Waals surface area contributed by atoms with Gasteiger partial charge < -0.3 is 26.0 Å². The Labute approximate surface area is 226 Å². The Bertz CT molecular complexity index is 1000. The standard InChI is InChI=1S/C26H41F3N4O6/c1-9-10-14(17(34)19(30)35)31-20(36)16-15-13(11-24(15,5)6)12-33(16)21(37)18(23(2,3)4)32-22(38)39-25(7,8)26(27,28)29/h13-16,18H,9-12H2,1-8H3,(H2,30,35)(H,31,36)(H,32,38)/t13-,14+,15-,16-,18+/m0/s1. The minimum absolute atomic E-state index is 0.0344. The van der Waals surface area contributed by atoms with E-state index in [4.69, 9.17) is 5.73 Å². The molecule has 5 atom stereocenters. The first-order chi connectivity index (χ1) is 17.5. The molecule has 4 N–H and O–H groups in total. The Balaban J connectivity index is 2.38. The molecule has 0 aromatic carbocycles. The highest BCUT2D eigenvalue weighted by atomic mass is 19.4. The van der Waals surface area contributed by atoms with Crippen LogP contribution in [0.25, 0.3) is 0 Å². The lowest BCUT2D eigenvalue weighted by Crippen LogP contribution is -2.61. The van der Waals surface area contributed by atoms with Gasteiger partial charge in [-0.3, -0.25) is 19.2 Å². The predicted octanol–water partition coefficient (Wildman–Crippen LogP) is 2.68. The maximum atomic E-state index is 13.9. The molecular weight excluding hydrogens is 521 g/mol. The lowest BCUT2D eigenvalue weighted by molar-refractivity contribution is -0.244. The van der Waals surface area contributed by atoms with Gasteiger partial charge in [-0.05, 0) is 49.4 Å². The number of likely N-dealkylation sites (tertiary alicyclic amines) is 1. The molecule has 10 nitrogen and oxygen atoms in total. The van der Waals surface area contributed by atoms with Crippen molar-refractivity contribution in [1.29, 1.82) is 0 Å². The van der Waals surface area contributed by atoms with Crippen molar-refractivity contribution in [3.8, 4) is 0 Å². The van der Waals surface area contributed by atoms with Crippen LogP contribution in [0.15, 0.2) is 0 Å². The van der Waals surface area contributed by atoms with E-state index in [0.717, 1.165) is 6.42 Å². The van der Waals surface area contributed by atoms with E-state index >= 15 is 0 Å². The molecule has 13 heteroatoms. The van der Waals surface area contributed by atoms with E-state index in [1.165, 1.54) is 4.90 Å². The van der Waals surface area contributed by atoms with Crippen molar-refractivity contribution in [2.24, 2.45) is 28.4 Å². The molecule has 1 aliphatic carbocycles. The number of Topliss-reactive ketones (excluding diaryl/α,β-unsaturated/α-hetero) is 1. The number of nitrogens with one attached hydrogen (secondary N) is 2. The van der Waals surface area contributed by atoms with Gasteiger partial charge in [-0.1, -0.05) is 48.0 Å². The number of hydrogen-bond acceptors (Lipinski definition) is 6. The van der Waals surface area contributed by atoms with Gasteiger partial charge in [0, 0.05) is 6.54 Å². The summed E-state index contributed by atoms with van der Waals surface area (Å²) in [5.41, 5.74) is 1.06.